The molecule has 1 aliphatic rings. The Morgan fingerprint density at radius 1 is 1.00 bits per heavy atom. The second-order valence-electron chi connectivity index (χ2n) is 8.26. The zero-order valence-corrected chi connectivity index (χ0v) is 22.2. The number of nitrogens with one attached hydrogen (secondary N) is 3. The highest BCUT2D eigenvalue weighted by molar-refractivity contribution is 14.0. The molecular weight excluding hydrogens is 525 g/mol. The molecule has 0 atom stereocenters. The highest BCUT2D eigenvalue weighted by Crippen LogP contribution is 2.17. The van der Waals surface area contributed by atoms with Crippen LogP contribution in [0.1, 0.15) is 53.2 Å². The molecule has 0 aromatic heterocycles. The van der Waals surface area contributed by atoms with E-state index >= 15 is 0 Å². The van der Waals surface area contributed by atoms with Crippen LogP contribution in [0.2, 0.25) is 0 Å². The molecule has 0 saturated carbocycles. The quantitative estimate of drug-likeness (QED) is 0.246. The van der Waals surface area contributed by atoms with E-state index in [2.05, 4.69) is 58.1 Å². The molecule has 2 aromatic carbocycles. The summed E-state index contributed by atoms with van der Waals surface area (Å²) in [6.45, 7) is 7.70. The number of amides is 1. The monoisotopic (exact) mass is 563 g/mol. The van der Waals surface area contributed by atoms with Crippen molar-refractivity contribution in [3.05, 3.63) is 70.8 Å². The van der Waals surface area contributed by atoms with Gasteiger partial charge in [0.1, 0.15) is 0 Å². The lowest BCUT2D eigenvalue weighted by Gasteiger charge is -2.27. The van der Waals surface area contributed by atoms with E-state index in [9.17, 15) is 4.79 Å². The summed E-state index contributed by atoms with van der Waals surface area (Å²) in [7, 11) is 1.65. The summed E-state index contributed by atoms with van der Waals surface area (Å²) in [5.74, 6) is 0.765. The number of hydrogen-bond donors (Lipinski definition) is 3. The van der Waals surface area contributed by atoms with Crippen LogP contribution in [0.3, 0.4) is 0 Å². The van der Waals surface area contributed by atoms with E-state index in [-0.39, 0.29) is 29.9 Å². The van der Waals surface area contributed by atoms with Gasteiger partial charge in [0.05, 0.1) is 6.54 Å². The van der Waals surface area contributed by atoms with Crippen molar-refractivity contribution < 1.29 is 4.79 Å². The van der Waals surface area contributed by atoms with E-state index in [0.717, 1.165) is 37.6 Å². The van der Waals surface area contributed by atoms with Gasteiger partial charge in [0.2, 0.25) is 0 Å². The van der Waals surface area contributed by atoms with Gasteiger partial charge in [-0.25, -0.2) is 4.99 Å². The van der Waals surface area contributed by atoms with Crippen LogP contribution in [0.5, 0.6) is 0 Å². The van der Waals surface area contributed by atoms with Gasteiger partial charge in [-0.1, -0.05) is 42.8 Å². The Morgan fingerprint density at radius 2 is 1.76 bits per heavy atom. The van der Waals surface area contributed by atoms with Gasteiger partial charge in [-0.3, -0.25) is 9.69 Å². The van der Waals surface area contributed by atoms with Gasteiger partial charge in [0.25, 0.3) is 5.91 Å². The third-order valence-electron chi connectivity index (χ3n) is 5.84. The number of carbonyl (C=O) groups excluding carboxylic acids is 1. The number of likely N-dealkylation sites (tertiary alicyclic amines) is 1. The molecular formula is C26H38IN5O. The van der Waals surface area contributed by atoms with E-state index in [1.807, 2.05) is 18.2 Å². The molecule has 3 rings (SSSR count). The third kappa shape index (κ3) is 8.97. The Kier molecular flexibility index (Phi) is 12.2. The number of carbonyl (C=O) groups is 1. The number of halogens is 1. The van der Waals surface area contributed by atoms with Gasteiger partial charge in [0.15, 0.2) is 5.96 Å². The predicted octanol–water partition coefficient (Wildman–Crippen LogP) is 3.95. The van der Waals surface area contributed by atoms with Crippen LogP contribution < -0.4 is 16.0 Å². The average Bonchev–Trinajstić information content (AvgIpc) is 2.83. The SMILES string of the molecule is CCNC(=NCc1ccccc1CN1CCCCC1)NCCc1cccc(C(=O)NC)c1.I. The van der Waals surface area contributed by atoms with E-state index in [4.69, 9.17) is 4.99 Å². The first-order valence-corrected chi connectivity index (χ1v) is 11.8. The molecule has 0 spiro atoms. The summed E-state index contributed by atoms with van der Waals surface area (Å²) in [5.41, 5.74) is 4.48. The van der Waals surface area contributed by atoms with Gasteiger partial charge in [0, 0.05) is 32.2 Å². The summed E-state index contributed by atoms with van der Waals surface area (Å²) < 4.78 is 0. The topological polar surface area (TPSA) is 68.8 Å². The Balaban J connectivity index is 0.00000385. The molecule has 7 heteroatoms. The highest BCUT2D eigenvalue weighted by Gasteiger charge is 2.12. The minimum absolute atomic E-state index is 0. The number of guanidine groups is 1. The molecule has 0 aliphatic carbocycles. The molecule has 33 heavy (non-hydrogen) atoms. The smallest absolute Gasteiger partial charge is 0.251 e. The molecule has 2 aromatic rings. The molecule has 1 heterocycles. The van der Waals surface area contributed by atoms with Crippen LogP contribution in [-0.2, 0) is 19.5 Å². The van der Waals surface area contributed by atoms with E-state index in [1.54, 1.807) is 7.05 Å². The minimum atomic E-state index is -0.0575. The molecule has 0 unspecified atom stereocenters. The molecule has 3 N–H and O–H groups in total. The fraction of sp³-hybridized carbons (Fsp3) is 0.462. The van der Waals surface area contributed by atoms with Gasteiger partial charge >= 0.3 is 0 Å². The molecule has 1 amide bonds. The Hall–Kier alpha value is -2.13. The van der Waals surface area contributed by atoms with Gasteiger partial charge < -0.3 is 16.0 Å². The number of piperidine rings is 1. The van der Waals surface area contributed by atoms with Gasteiger partial charge in [-0.05, 0) is 68.1 Å². The van der Waals surface area contributed by atoms with Crippen molar-refractivity contribution in [2.45, 2.75) is 45.7 Å². The number of rotatable bonds is 9. The Morgan fingerprint density at radius 3 is 2.48 bits per heavy atom. The van der Waals surface area contributed by atoms with Crippen LogP contribution in [0.4, 0.5) is 0 Å². The minimum Gasteiger partial charge on any atom is -0.357 e. The number of aliphatic imine (C=N–C) groups is 1. The third-order valence-corrected chi connectivity index (χ3v) is 5.84. The second kappa shape index (κ2) is 14.9. The number of nitrogens with zero attached hydrogens (tertiary/aromatic N) is 2. The molecule has 6 nitrogen and oxygen atoms in total. The highest BCUT2D eigenvalue weighted by atomic mass is 127. The van der Waals surface area contributed by atoms with Crippen molar-refractivity contribution in [2.24, 2.45) is 4.99 Å². The summed E-state index contributed by atoms with van der Waals surface area (Å²) in [6.07, 6.45) is 4.79. The first-order chi connectivity index (χ1) is 15.7. The Bertz CT molecular complexity index is 896. The van der Waals surface area contributed by atoms with Gasteiger partial charge in [-0.15, -0.1) is 24.0 Å². The number of hydrogen-bond acceptors (Lipinski definition) is 3. The first-order valence-electron chi connectivity index (χ1n) is 11.8. The molecule has 1 fully saturated rings. The van der Waals surface area contributed by atoms with Crippen molar-refractivity contribution in [1.29, 1.82) is 0 Å². The van der Waals surface area contributed by atoms with Crippen molar-refractivity contribution in [3.8, 4) is 0 Å². The number of benzene rings is 2. The lowest BCUT2D eigenvalue weighted by Crippen LogP contribution is -2.38. The molecule has 0 radical (unpaired) electrons. The fourth-order valence-electron chi connectivity index (χ4n) is 4.07. The summed E-state index contributed by atoms with van der Waals surface area (Å²) in [5, 5.41) is 9.45. The van der Waals surface area contributed by atoms with Crippen molar-refractivity contribution >= 4 is 35.8 Å². The largest absolute Gasteiger partial charge is 0.357 e. The maximum absolute atomic E-state index is 11.8. The van der Waals surface area contributed by atoms with Crippen LogP contribution in [-0.4, -0.2) is 50.0 Å². The van der Waals surface area contributed by atoms with Crippen LogP contribution in [0.25, 0.3) is 0 Å². The average molecular weight is 564 g/mol. The van der Waals surface area contributed by atoms with Crippen LogP contribution in [0.15, 0.2) is 53.5 Å². The Labute approximate surface area is 215 Å². The zero-order chi connectivity index (χ0) is 22.6. The van der Waals surface area contributed by atoms with Crippen molar-refractivity contribution in [2.75, 3.05) is 33.2 Å². The first kappa shape index (κ1) is 27.1. The second-order valence-corrected chi connectivity index (χ2v) is 8.26. The van der Waals surface area contributed by atoms with E-state index in [0.29, 0.717) is 12.1 Å². The predicted molar refractivity (Wildman–Crippen MR) is 147 cm³/mol. The van der Waals surface area contributed by atoms with Crippen LogP contribution in [0, 0.1) is 0 Å². The maximum Gasteiger partial charge on any atom is 0.251 e. The molecule has 0 bridgehead atoms. The lowest BCUT2D eigenvalue weighted by molar-refractivity contribution is 0.0963. The fourth-order valence-corrected chi connectivity index (χ4v) is 4.07. The maximum atomic E-state index is 11.8. The standard InChI is InChI=1S/C26H37N5O.HI/c1-3-28-26(29-15-14-21-10-9-13-22(18-21)25(32)27-2)30-19-23-11-5-6-12-24(23)20-31-16-7-4-8-17-31;/h5-6,9-13,18H,3-4,7-8,14-17,19-20H2,1-2H3,(H,27,32)(H2,28,29,30);1H. The van der Waals surface area contributed by atoms with Crippen molar-refractivity contribution in [1.82, 2.24) is 20.9 Å². The van der Waals surface area contributed by atoms with Crippen molar-refractivity contribution in [3.63, 3.8) is 0 Å². The normalized spacial score (nSPS) is 14.3. The van der Waals surface area contributed by atoms with Crippen LogP contribution >= 0.6 is 24.0 Å². The summed E-state index contributed by atoms with van der Waals surface area (Å²) in [6, 6.07) is 16.4. The van der Waals surface area contributed by atoms with E-state index < -0.39 is 0 Å². The van der Waals surface area contributed by atoms with E-state index in [1.165, 1.54) is 43.5 Å². The molecule has 1 saturated heterocycles. The summed E-state index contributed by atoms with van der Waals surface area (Å²) in [4.78, 5) is 19.2. The summed E-state index contributed by atoms with van der Waals surface area (Å²) >= 11 is 0. The molecule has 1 aliphatic heterocycles. The zero-order valence-electron chi connectivity index (χ0n) is 19.9. The lowest BCUT2D eigenvalue weighted by atomic mass is 10.1. The van der Waals surface area contributed by atoms with Gasteiger partial charge in [-0.2, -0.15) is 0 Å². The molecule has 180 valence electrons.